The van der Waals surface area contributed by atoms with E-state index in [-0.39, 0.29) is 0 Å². The number of rotatable bonds is 4. The number of aromatic nitrogens is 4. The van der Waals surface area contributed by atoms with E-state index in [1.165, 1.54) is 54.8 Å². The van der Waals surface area contributed by atoms with Crippen LogP contribution in [0.1, 0.15) is 0 Å². The molecule has 6 aromatic carbocycles. The predicted molar refractivity (Wildman–Crippen MR) is 182 cm³/mol. The molecule has 0 atom stereocenters. The second-order valence-corrected chi connectivity index (χ2v) is 11.1. The Morgan fingerprint density at radius 2 is 0.955 bits per heavy atom. The molecule has 3 aromatic heterocycles. The maximum Gasteiger partial charge on any atom is 0.156 e. The van der Waals surface area contributed by atoms with E-state index in [1.807, 2.05) is 6.20 Å². The third-order valence-electron chi connectivity index (χ3n) is 8.67. The van der Waals surface area contributed by atoms with Gasteiger partial charge < -0.3 is 4.57 Å². The fourth-order valence-corrected chi connectivity index (χ4v) is 6.67. The van der Waals surface area contributed by atoms with E-state index in [1.54, 1.807) is 12.4 Å². The lowest BCUT2D eigenvalue weighted by Gasteiger charge is -2.11. The van der Waals surface area contributed by atoms with Gasteiger partial charge in [0.1, 0.15) is 0 Å². The first-order valence-electron chi connectivity index (χ1n) is 14.8. The smallest absolute Gasteiger partial charge is 0.156 e. The molecule has 4 heteroatoms. The normalized spacial score (nSPS) is 11.6. The van der Waals surface area contributed by atoms with Gasteiger partial charge in [0.25, 0.3) is 0 Å². The Balaban J connectivity index is 1.27. The maximum atomic E-state index is 4.67. The van der Waals surface area contributed by atoms with Gasteiger partial charge in [0, 0.05) is 39.6 Å². The summed E-state index contributed by atoms with van der Waals surface area (Å²) in [4.78, 5) is 9.05. The van der Waals surface area contributed by atoms with E-state index < -0.39 is 0 Å². The van der Waals surface area contributed by atoms with Crippen LogP contribution >= 0.6 is 0 Å². The lowest BCUT2D eigenvalue weighted by Crippen LogP contribution is -1.97. The van der Waals surface area contributed by atoms with Crippen LogP contribution in [-0.4, -0.2) is 19.1 Å². The van der Waals surface area contributed by atoms with E-state index >= 15 is 0 Å². The van der Waals surface area contributed by atoms with Crippen LogP contribution in [0.5, 0.6) is 0 Å². The van der Waals surface area contributed by atoms with Crippen LogP contribution in [0.3, 0.4) is 0 Å². The Morgan fingerprint density at radius 3 is 1.64 bits per heavy atom. The van der Waals surface area contributed by atoms with Crippen LogP contribution in [0.4, 0.5) is 0 Å². The van der Waals surface area contributed by atoms with Gasteiger partial charge in [-0.15, -0.1) is 0 Å². The van der Waals surface area contributed by atoms with Crippen molar-refractivity contribution < 1.29 is 0 Å². The molecule has 0 aliphatic heterocycles. The van der Waals surface area contributed by atoms with Crippen molar-refractivity contribution in [2.75, 3.05) is 0 Å². The zero-order valence-electron chi connectivity index (χ0n) is 23.8. The summed E-state index contributed by atoms with van der Waals surface area (Å²) in [5.74, 6) is 0.813. The van der Waals surface area contributed by atoms with Crippen molar-refractivity contribution >= 4 is 43.6 Å². The summed E-state index contributed by atoms with van der Waals surface area (Å²) in [7, 11) is 0. The van der Waals surface area contributed by atoms with Gasteiger partial charge in [-0.3, -0.25) is 9.55 Å². The first-order valence-corrected chi connectivity index (χ1v) is 14.8. The van der Waals surface area contributed by atoms with Crippen molar-refractivity contribution in [2.45, 2.75) is 0 Å². The second-order valence-electron chi connectivity index (χ2n) is 11.1. The Labute approximate surface area is 254 Å². The first kappa shape index (κ1) is 24.6. The molecule has 44 heavy (non-hydrogen) atoms. The molecule has 0 saturated carbocycles. The van der Waals surface area contributed by atoms with Crippen molar-refractivity contribution in [1.29, 1.82) is 0 Å². The van der Waals surface area contributed by atoms with Crippen LogP contribution in [0, 0.1) is 0 Å². The van der Waals surface area contributed by atoms with Crippen LogP contribution in [0.2, 0.25) is 0 Å². The van der Waals surface area contributed by atoms with E-state index in [4.69, 9.17) is 0 Å². The topological polar surface area (TPSA) is 35.6 Å². The molecule has 0 saturated heterocycles. The third-order valence-corrected chi connectivity index (χ3v) is 8.67. The van der Waals surface area contributed by atoms with E-state index in [0.29, 0.717) is 0 Å². The van der Waals surface area contributed by atoms with Crippen molar-refractivity contribution in [3.8, 4) is 33.8 Å². The summed E-state index contributed by atoms with van der Waals surface area (Å²) in [5.41, 5.74) is 10.6. The third kappa shape index (κ3) is 3.78. The lowest BCUT2D eigenvalue weighted by atomic mass is 10.00. The lowest BCUT2D eigenvalue weighted by molar-refractivity contribution is 1.04. The minimum absolute atomic E-state index is 0.813. The second kappa shape index (κ2) is 9.79. The first-order chi connectivity index (χ1) is 21.8. The highest BCUT2D eigenvalue weighted by atomic mass is 15.1. The van der Waals surface area contributed by atoms with Gasteiger partial charge in [-0.05, 0) is 58.7 Å². The molecular weight excluding hydrogens is 536 g/mol. The molecule has 0 N–H and O–H groups in total. The highest BCUT2D eigenvalue weighted by molar-refractivity contribution is 6.19. The molecule has 206 valence electrons. The van der Waals surface area contributed by atoms with Crippen molar-refractivity contribution in [3.05, 3.63) is 158 Å². The summed E-state index contributed by atoms with van der Waals surface area (Å²) in [6.07, 6.45) is 5.30. The van der Waals surface area contributed by atoms with Crippen molar-refractivity contribution in [3.63, 3.8) is 0 Å². The average molecular weight is 563 g/mol. The molecule has 4 nitrogen and oxygen atoms in total. The van der Waals surface area contributed by atoms with Gasteiger partial charge in [0.05, 0.1) is 28.3 Å². The average Bonchev–Trinajstić information content (AvgIpc) is 3.60. The minimum atomic E-state index is 0.813. The molecule has 0 aliphatic rings. The standard InChI is InChI=1S/C40H26N4/c1-2-9-27(10-3-1)28-17-19-29(20-18-28)30-11-8-12-31(23-30)43-36-15-6-4-13-32(36)34-25-39-35(24-38(34)43)33-14-5-7-16-37(33)44(39)40-26-41-21-22-42-40/h1-26H. The molecule has 3 heterocycles. The molecule has 0 spiro atoms. The maximum absolute atomic E-state index is 4.67. The van der Waals surface area contributed by atoms with Crippen LogP contribution in [0.25, 0.3) is 77.4 Å². The van der Waals surface area contributed by atoms with Crippen molar-refractivity contribution in [2.24, 2.45) is 0 Å². The number of hydrogen-bond acceptors (Lipinski definition) is 2. The molecule has 0 radical (unpaired) electrons. The fourth-order valence-electron chi connectivity index (χ4n) is 6.67. The number of fused-ring (bicyclic) bond motifs is 6. The molecule has 0 amide bonds. The zero-order valence-corrected chi connectivity index (χ0v) is 23.8. The number of benzene rings is 6. The monoisotopic (exact) mass is 562 g/mol. The summed E-state index contributed by atoms with van der Waals surface area (Å²) >= 11 is 0. The van der Waals surface area contributed by atoms with E-state index in [2.05, 4.69) is 159 Å². The number of para-hydroxylation sites is 2. The highest BCUT2D eigenvalue weighted by Crippen LogP contribution is 2.39. The highest BCUT2D eigenvalue weighted by Gasteiger charge is 2.19. The molecule has 0 unspecified atom stereocenters. The minimum Gasteiger partial charge on any atom is -0.309 e. The van der Waals surface area contributed by atoms with Gasteiger partial charge in [-0.1, -0.05) is 103 Å². The number of nitrogens with zero attached hydrogens (tertiary/aromatic N) is 4. The molecule has 0 aliphatic carbocycles. The van der Waals surface area contributed by atoms with Crippen LogP contribution in [-0.2, 0) is 0 Å². The summed E-state index contributed by atoms with van der Waals surface area (Å²) in [6.45, 7) is 0. The van der Waals surface area contributed by atoms with Gasteiger partial charge in [-0.2, -0.15) is 0 Å². The Kier molecular flexibility index (Phi) is 5.47. The Morgan fingerprint density at radius 1 is 0.386 bits per heavy atom. The summed E-state index contributed by atoms with van der Waals surface area (Å²) in [5, 5.41) is 4.81. The molecule has 0 bridgehead atoms. The molecule has 0 fully saturated rings. The Hall–Kier alpha value is -6.00. The summed E-state index contributed by atoms with van der Waals surface area (Å²) < 4.78 is 4.63. The SMILES string of the molecule is c1ccc(-c2ccc(-c3cccc(-n4c5ccccc5c5cc6c(cc54)c4ccccc4n6-c4cnccn4)c3)cc2)cc1. The van der Waals surface area contributed by atoms with Crippen LogP contribution in [0.15, 0.2) is 158 Å². The largest absolute Gasteiger partial charge is 0.309 e. The van der Waals surface area contributed by atoms with Gasteiger partial charge in [-0.25, -0.2) is 4.98 Å². The van der Waals surface area contributed by atoms with Gasteiger partial charge in [0.15, 0.2) is 5.82 Å². The van der Waals surface area contributed by atoms with Gasteiger partial charge in [0.2, 0.25) is 0 Å². The summed E-state index contributed by atoms with van der Waals surface area (Å²) in [6, 6.07) is 50.2. The molecule has 9 aromatic rings. The Bertz CT molecular complexity index is 2470. The van der Waals surface area contributed by atoms with Crippen molar-refractivity contribution in [1.82, 2.24) is 19.1 Å². The molecule has 9 rings (SSSR count). The number of hydrogen-bond donors (Lipinski definition) is 0. The van der Waals surface area contributed by atoms with E-state index in [0.717, 1.165) is 22.5 Å². The van der Waals surface area contributed by atoms with E-state index in [9.17, 15) is 0 Å². The van der Waals surface area contributed by atoms with Gasteiger partial charge >= 0.3 is 0 Å². The zero-order chi connectivity index (χ0) is 29.0. The fraction of sp³-hybridized carbons (Fsp3) is 0. The molecular formula is C40H26N4. The quantitative estimate of drug-likeness (QED) is 0.214. The predicted octanol–water partition coefficient (Wildman–Crippen LogP) is 10.0. The van der Waals surface area contributed by atoms with Crippen LogP contribution < -0.4 is 0 Å².